The normalized spacial score (nSPS) is 11.5. The third-order valence-corrected chi connectivity index (χ3v) is 12.5. The predicted octanol–water partition coefficient (Wildman–Crippen LogP) is 15.8. The molecule has 0 N–H and O–H groups in total. The largest absolute Gasteiger partial charge is 0.309 e. The molecule has 4 heteroatoms. The summed E-state index contributed by atoms with van der Waals surface area (Å²) >= 11 is 0. The van der Waals surface area contributed by atoms with Crippen LogP contribution in [-0.2, 0) is 0 Å². The maximum atomic E-state index is 12.3. The van der Waals surface area contributed by atoms with Gasteiger partial charge in [-0.25, -0.2) is 0 Å². The van der Waals surface area contributed by atoms with E-state index in [9.17, 15) is 5.26 Å². The van der Waals surface area contributed by atoms with Crippen molar-refractivity contribution in [2.24, 2.45) is 0 Å². The number of rotatable bonds is 7. The Kier molecular flexibility index (Phi) is 9.07. The van der Waals surface area contributed by atoms with Crippen LogP contribution in [0.1, 0.15) is 27.8 Å². The first-order chi connectivity index (χ1) is 30.9. The first-order valence-corrected chi connectivity index (χ1v) is 21.6. The number of fused-ring (bicyclic) bond motifs is 6. The maximum absolute atomic E-state index is 12.3. The van der Waals surface area contributed by atoms with Gasteiger partial charge in [-0.1, -0.05) is 144 Å². The molecule has 0 spiro atoms. The number of benzene rings is 9. The minimum atomic E-state index is 0.581. The van der Waals surface area contributed by atoms with Gasteiger partial charge in [-0.2, -0.15) is 5.26 Å². The summed E-state index contributed by atoms with van der Waals surface area (Å²) in [7, 11) is 0. The summed E-state index contributed by atoms with van der Waals surface area (Å²) in [6, 6.07) is 72.5. The van der Waals surface area contributed by atoms with Crippen molar-refractivity contribution in [1.82, 2.24) is 9.13 Å². The van der Waals surface area contributed by atoms with Crippen LogP contribution in [-0.4, -0.2) is 9.13 Å². The summed E-state index contributed by atoms with van der Waals surface area (Å²) in [6.45, 7) is 8.62. The van der Waals surface area contributed by atoms with Crippen molar-refractivity contribution < 1.29 is 0 Å². The lowest BCUT2D eigenvalue weighted by molar-refractivity contribution is 1.11. The van der Waals surface area contributed by atoms with E-state index in [1.54, 1.807) is 0 Å². The molecule has 0 aliphatic carbocycles. The van der Waals surface area contributed by atoms with E-state index in [2.05, 4.69) is 242 Å². The molecule has 0 unspecified atom stereocenters. The molecule has 0 bridgehead atoms. The predicted molar refractivity (Wildman–Crippen MR) is 264 cm³/mol. The minimum absolute atomic E-state index is 0.581. The molecule has 11 rings (SSSR count). The molecule has 9 aromatic carbocycles. The van der Waals surface area contributed by atoms with Gasteiger partial charge in [0.15, 0.2) is 0 Å². The third kappa shape index (κ3) is 6.12. The molecule has 63 heavy (non-hydrogen) atoms. The second kappa shape index (κ2) is 15.1. The van der Waals surface area contributed by atoms with Gasteiger partial charge in [0, 0.05) is 44.0 Å². The number of hydrogen-bond acceptors (Lipinski definition) is 2. The minimum Gasteiger partial charge on any atom is -0.309 e. The quantitative estimate of drug-likeness (QED) is 0.161. The Bertz CT molecular complexity index is 3240. The molecule has 0 saturated carbocycles. The lowest BCUT2D eigenvalue weighted by atomic mass is 9.87. The van der Waals surface area contributed by atoms with Gasteiger partial charge in [-0.3, -0.25) is 0 Å². The van der Waals surface area contributed by atoms with Crippen molar-refractivity contribution in [3.8, 4) is 39.7 Å². The molecule has 0 saturated heterocycles. The second-order valence-electron chi connectivity index (χ2n) is 16.8. The van der Waals surface area contributed by atoms with E-state index >= 15 is 0 Å². The highest BCUT2D eigenvalue weighted by molar-refractivity contribution is 6.15. The first kappa shape index (κ1) is 37.8. The fourth-order valence-corrected chi connectivity index (χ4v) is 9.79. The first-order valence-electron chi connectivity index (χ1n) is 21.6. The molecule has 0 amide bonds. The van der Waals surface area contributed by atoms with Crippen molar-refractivity contribution in [2.75, 3.05) is 4.90 Å². The Morgan fingerprint density at radius 3 is 0.984 bits per heavy atom. The SMILES string of the molecule is Cc1ccc2c(c1)c1cc(C)ccc1n2-c1c(C#N)c(-n2c3ccc(C)cc3c3cc(C)ccc32)c(-c2ccccc2)c(N(c2ccccc2)c2ccccc2)c1-c1ccccc1. The highest BCUT2D eigenvalue weighted by Crippen LogP contribution is 2.55. The number of nitriles is 1. The monoisotopic (exact) mass is 808 g/mol. The van der Waals surface area contributed by atoms with Gasteiger partial charge in [-0.15, -0.1) is 0 Å². The van der Waals surface area contributed by atoms with E-state index in [-0.39, 0.29) is 0 Å². The fourth-order valence-electron chi connectivity index (χ4n) is 9.79. The highest BCUT2D eigenvalue weighted by Gasteiger charge is 2.34. The molecule has 0 atom stereocenters. The van der Waals surface area contributed by atoms with E-state index in [1.807, 2.05) is 0 Å². The highest BCUT2D eigenvalue weighted by atomic mass is 15.2. The van der Waals surface area contributed by atoms with Crippen LogP contribution < -0.4 is 4.90 Å². The Labute approximate surface area is 367 Å². The number of aryl methyl sites for hydroxylation is 4. The number of nitrogens with zero attached hydrogens (tertiary/aromatic N) is 4. The molecule has 300 valence electrons. The van der Waals surface area contributed by atoms with Crippen molar-refractivity contribution in [3.63, 3.8) is 0 Å². The van der Waals surface area contributed by atoms with Crippen LogP contribution in [0.4, 0.5) is 17.1 Å². The molecule has 2 heterocycles. The number of aromatic nitrogens is 2. The maximum Gasteiger partial charge on any atom is 0.104 e. The van der Waals surface area contributed by atoms with E-state index in [0.29, 0.717) is 5.56 Å². The molecular formula is C59H44N4. The summed E-state index contributed by atoms with van der Waals surface area (Å²) in [6.07, 6.45) is 0. The van der Waals surface area contributed by atoms with Crippen LogP contribution in [0.25, 0.3) is 77.2 Å². The Morgan fingerprint density at radius 1 is 0.381 bits per heavy atom. The molecule has 2 aromatic heterocycles. The zero-order valence-electron chi connectivity index (χ0n) is 35.8. The summed E-state index contributed by atoms with van der Waals surface area (Å²) in [4.78, 5) is 2.41. The van der Waals surface area contributed by atoms with Crippen molar-refractivity contribution >= 4 is 60.7 Å². The summed E-state index contributed by atoms with van der Waals surface area (Å²) in [5.74, 6) is 0. The van der Waals surface area contributed by atoms with Gasteiger partial charge in [0.25, 0.3) is 0 Å². The van der Waals surface area contributed by atoms with E-state index < -0.39 is 0 Å². The summed E-state index contributed by atoms with van der Waals surface area (Å²) < 4.78 is 4.76. The Balaban J connectivity index is 1.49. The van der Waals surface area contributed by atoms with Crippen LogP contribution >= 0.6 is 0 Å². The number of para-hydroxylation sites is 2. The van der Waals surface area contributed by atoms with Crippen LogP contribution in [0.2, 0.25) is 0 Å². The average Bonchev–Trinajstić information content (AvgIpc) is 3.80. The molecule has 0 radical (unpaired) electrons. The average molecular weight is 809 g/mol. The number of hydrogen-bond donors (Lipinski definition) is 0. The topological polar surface area (TPSA) is 36.9 Å². The molecular weight excluding hydrogens is 765 g/mol. The van der Waals surface area contributed by atoms with Gasteiger partial charge in [-0.05, 0) is 112 Å². The Hall–Kier alpha value is -8.13. The zero-order chi connectivity index (χ0) is 42.8. The van der Waals surface area contributed by atoms with Gasteiger partial charge in [0.2, 0.25) is 0 Å². The van der Waals surface area contributed by atoms with Gasteiger partial charge in [0.1, 0.15) is 11.6 Å². The van der Waals surface area contributed by atoms with Gasteiger partial charge < -0.3 is 14.0 Å². The lowest BCUT2D eigenvalue weighted by Crippen LogP contribution is -2.17. The van der Waals surface area contributed by atoms with Crippen molar-refractivity contribution in [2.45, 2.75) is 27.7 Å². The zero-order valence-corrected chi connectivity index (χ0v) is 35.8. The van der Waals surface area contributed by atoms with E-state index in [1.165, 1.54) is 22.3 Å². The fraction of sp³-hybridized carbons (Fsp3) is 0.0678. The van der Waals surface area contributed by atoms with Crippen LogP contribution in [0.15, 0.2) is 194 Å². The van der Waals surface area contributed by atoms with E-state index in [0.717, 1.165) is 94.3 Å². The molecule has 0 aliphatic rings. The smallest absolute Gasteiger partial charge is 0.104 e. The molecule has 0 fully saturated rings. The summed E-state index contributed by atoms with van der Waals surface area (Å²) in [5, 5.41) is 16.9. The Morgan fingerprint density at radius 2 is 0.683 bits per heavy atom. The molecule has 0 aliphatic heterocycles. The van der Waals surface area contributed by atoms with Crippen LogP contribution in [0.3, 0.4) is 0 Å². The van der Waals surface area contributed by atoms with Crippen LogP contribution in [0, 0.1) is 39.0 Å². The lowest BCUT2D eigenvalue weighted by Gasteiger charge is -2.34. The molecule has 11 aromatic rings. The number of anilines is 3. The third-order valence-electron chi connectivity index (χ3n) is 12.5. The standard InChI is InChI=1S/C59H44N4/c1-38-25-29-51-46(33-38)47-34-39(2)26-30-52(47)62(51)57-50(37-60)58(63-53-31-27-40(3)35-48(53)49-36-41(4)28-32-54(49)63)56(43-19-11-6-12-20-43)59(55(57)42-17-9-5-10-18-42)61(44-21-13-7-14-22-44)45-23-15-8-16-24-45/h5-36H,1-4H3. The van der Waals surface area contributed by atoms with Gasteiger partial charge in [0.05, 0.1) is 39.1 Å². The van der Waals surface area contributed by atoms with Crippen molar-refractivity contribution in [3.05, 3.63) is 222 Å². The summed E-state index contributed by atoms with van der Waals surface area (Å²) in [5.41, 5.74) is 18.0. The second-order valence-corrected chi connectivity index (χ2v) is 16.8. The van der Waals surface area contributed by atoms with Gasteiger partial charge >= 0.3 is 0 Å². The molecule has 4 nitrogen and oxygen atoms in total. The van der Waals surface area contributed by atoms with E-state index in [4.69, 9.17) is 0 Å². The van der Waals surface area contributed by atoms with Crippen molar-refractivity contribution in [1.29, 1.82) is 5.26 Å². The van der Waals surface area contributed by atoms with Crippen LogP contribution in [0.5, 0.6) is 0 Å².